The van der Waals surface area contributed by atoms with Crippen molar-refractivity contribution in [3.8, 4) is 0 Å². The molecule has 6 heteroatoms. The zero-order valence-corrected chi connectivity index (χ0v) is 17.6. The number of nitrogens with zero attached hydrogens (tertiary/aromatic N) is 3. The molecule has 1 aliphatic rings. The molecule has 0 aliphatic carbocycles. The number of non-ortho nitro benzene ring substituents is 1. The van der Waals surface area contributed by atoms with E-state index in [4.69, 9.17) is 5.10 Å². The highest BCUT2D eigenvalue weighted by atomic mass is 16.6. The smallest absolute Gasteiger partial charge is 0.270 e. The third-order valence-corrected chi connectivity index (χ3v) is 5.82. The van der Waals surface area contributed by atoms with Crippen molar-refractivity contribution in [3.63, 3.8) is 0 Å². The Kier molecular flexibility index (Phi) is 6.38. The maximum absolute atomic E-state index is 11.1. The van der Waals surface area contributed by atoms with Gasteiger partial charge in [-0.05, 0) is 6.92 Å². The minimum Gasteiger partial charge on any atom is -0.322 e. The van der Waals surface area contributed by atoms with Crippen LogP contribution in [0, 0.1) is 10.1 Å². The van der Waals surface area contributed by atoms with Crippen LogP contribution in [0.3, 0.4) is 0 Å². The first-order chi connectivity index (χ1) is 15.1. The summed E-state index contributed by atoms with van der Waals surface area (Å²) in [6.45, 7) is 5.55. The van der Waals surface area contributed by atoms with Crippen LogP contribution in [0.15, 0.2) is 90.0 Å². The summed E-state index contributed by atoms with van der Waals surface area (Å²) in [6.07, 6.45) is 0. The molecule has 0 spiro atoms. The van der Waals surface area contributed by atoms with E-state index in [0.29, 0.717) is 6.04 Å². The number of nitrogens with one attached hydrogen (secondary N) is 1. The van der Waals surface area contributed by atoms with Crippen molar-refractivity contribution in [1.82, 2.24) is 5.01 Å². The van der Waals surface area contributed by atoms with Gasteiger partial charge in [0.15, 0.2) is 0 Å². The van der Waals surface area contributed by atoms with E-state index >= 15 is 0 Å². The molecule has 0 amide bonds. The Bertz CT molecular complexity index is 1010. The first kappa shape index (κ1) is 20.8. The number of nitro benzene ring substituents is 1. The van der Waals surface area contributed by atoms with Gasteiger partial charge in [-0.15, -0.1) is 0 Å². The van der Waals surface area contributed by atoms with Crippen molar-refractivity contribution in [1.29, 1.82) is 0 Å². The second-order valence-corrected chi connectivity index (χ2v) is 7.86. The molecule has 3 aromatic rings. The largest absolute Gasteiger partial charge is 0.322 e. The van der Waals surface area contributed by atoms with E-state index in [1.807, 2.05) is 13.0 Å². The van der Waals surface area contributed by atoms with Crippen LogP contribution in [0.1, 0.15) is 29.7 Å². The molecule has 0 saturated carbocycles. The van der Waals surface area contributed by atoms with Crippen LogP contribution >= 0.6 is 0 Å². The lowest BCUT2D eigenvalue weighted by molar-refractivity contribution is -0.929. The van der Waals surface area contributed by atoms with Crippen molar-refractivity contribution in [2.45, 2.75) is 13.0 Å². The number of rotatable bonds is 6. The summed E-state index contributed by atoms with van der Waals surface area (Å²) < 4.78 is 0. The minimum atomic E-state index is -0.369. The summed E-state index contributed by atoms with van der Waals surface area (Å²) in [4.78, 5) is 12.2. The Morgan fingerprint density at radius 3 is 2.06 bits per heavy atom. The van der Waals surface area contributed by atoms with Crippen molar-refractivity contribution < 1.29 is 9.82 Å². The highest BCUT2D eigenvalue weighted by molar-refractivity contribution is 5.99. The molecule has 0 bridgehead atoms. The Labute approximate surface area is 182 Å². The predicted molar refractivity (Wildman–Crippen MR) is 122 cm³/mol. The number of hydrogen-bond acceptors (Lipinski definition) is 4. The van der Waals surface area contributed by atoms with Gasteiger partial charge >= 0.3 is 0 Å². The van der Waals surface area contributed by atoms with Crippen LogP contribution in [0.5, 0.6) is 0 Å². The number of hydrazone groups is 1. The molecule has 3 aromatic carbocycles. The lowest BCUT2D eigenvalue weighted by atomic mass is 9.96. The average molecular weight is 416 g/mol. The molecule has 6 nitrogen and oxygen atoms in total. The number of piperazine rings is 1. The van der Waals surface area contributed by atoms with Gasteiger partial charge in [0.1, 0.15) is 6.04 Å². The molecule has 0 atom stereocenters. The van der Waals surface area contributed by atoms with Gasteiger partial charge < -0.3 is 4.90 Å². The molecule has 4 rings (SSSR count). The van der Waals surface area contributed by atoms with Gasteiger partial charge in [0.2, 0.25) is 0 Å². The highest BCUT2D eigenvalue weighted by Gasteiger charge is 2.29. The molecule has 1 N–H and O–H groups in total. The first-order valence-electron chi connectivity index (χ1n) is 10.6. The topological polar surface area (TPSA) is 63.2 Å². The van der Waals surface area contributed by atoms with E-state index in [1.165, 1.54) is 22.1 Å². The molecule has 1 fully saturated rings. The molecule has 0 radical (unpaired) electrons. The second kappa shape index (κ2) is 9.53. The quantitative estimate of drug-likeness (QED) is 0.382. The lowest BCUT2D eigenvalue weighted by Crippen LogP contribution is -3.15. The van der Waals surface area contributed by atoms with Crippen LogP contribution in [-0.2, 0) is 0 Å². The van der Waals surface area contributed by atoms with Crippen LogP contribution < -0.4 is 4.90 Å². The fraction of sp³-hybridized carbons (Fsp3) is 0.240. The maximum Gasteiger partial charge on any atom is 0.270 e. The van der Waals surface area contributed by atoms with E-state index in [0.717, 1.165) is 37.5 Å². The third-order valence-electron chi connectivity index (χ3n) is 5.82. The van der Waals surface area contributed by atoms with Gasteiger partial charge in [-0.2, -0.15) is 5.10 Å². The summed E-state index contributed by atoms with van der Waals surface area (Å²) >= 11 is 0. The number of benzene rings is 3. The van der Waals surface area contributed by atoms with Gasteiger partial charge in [-0.25, -0.2) is 0 Å². The molecule has 1 saturated heterocycles. The SMILES string of the molecule is C/C(=N\N1CC[NH+](C(c2ccccc2)c2ccccc2)CC1)c1cccc([N+](=O)[O-])c1. The monoisotopic (exact) mass is 415 g/mol. The first-order valence-corrected chi connectivity index (χ1v) is 10.6. The fourth-order valence-corrected chi connectivity index (χ4v) is 4.24. The predicted octanol–water partition coefficient (Wildman–Crippen LogP) is 3.31. The summed E-state index contributed by atoms with van der Waals surface area (Å²) in [5.74, 6) is 0. The van der Waals surface area contributed by atoms with Crippen molar-refractivity contribution in [3.05, 3.63) is 112 Å². The maximum atomic E-state index is 11.1. The molecule has 0 aromatic heterocycles. The minimum absolute atomic E-state index is 0.0925. The van der Waals surface area contributed by atoms with Gasteiger partial charge in [-0.3, -0.25) is 15.1 Å². The molecule has 31 heavy (non-hydrogen) atoms. The Hall–Kier alpha value is -3.51. The summed E-state index contributed by atoms with van der Waals surface area (Å²) in [5.41, 5.74) is 4.34. The summed E-state index contributed by atoms with van der Waals surface area (Å²) in [5, 5.41) is 17.9. The molecule has 1 heterocycles. The molecular formula is C25H27N4O2+. The normalized spacial score (nSPS) is 15.3. The van der Waals surface area contributed by atoms with Gasteiger partial charge in [0.05, 0.1) is 36.8 Å². The van der Waals surface area contributed by atoms with Crippen LogP contribution in [0.4, 0.5) is 5.69 Å². The van der Waals surface area contributed by atoms with Crippen molar-refractivity contribution in [2.75, 3.05) is 26.2 Å². The van der Waals surface area contributed by atoms with E-state index in [2.05, 4.69) is 65.7 Å². The molecular weight excluding hydrogens is 388 g/mol. The van der Waals surface area contributed by atoms with Crippen LogP contribution in [0.2, 0.25) is 0 Å². The lowest BCUT2D eigenvalue weighted by Gasteiger charge is -2.36. The zero-order chi connectivity index (χ0) is 21.6. The summed E-state index contributed by atoms with van der Waals surface area (Å²) in [6, 6.07) is 28.3. The van der Waals surface area contributed by atoms with Crippen molar-refractivity contribution in [2.24, 2.45) is 5.10 Å². The number of hydrogen-bond donors (Lipinski definition) is 1. The molecule has 1 aliphatic heterocycles. The van der Waals surface area contributed by atoms with E-state index in [9.17, 15) is 10.1 Å². The summed E-state index contributed by atoms with van der Waals surface area (Å²) in [7, 11) is 0. The third kappa shape index (κ3) is 4.98. The van der Waals surface area contributed by atoms with E-state index in [1.54, 1.807) is 12.1 Å². The standard InChI is InChI=1S/C25H26N4O2/c1-20(23-13-8-14-24(19-23)29(30)31)26-28-17-15-27(16-18-28)25(21-9-4-2-5-10-21)22-11-6-3-7-12-22/h2-14,19,25H,15-18H2,1H3/p+1/b26-20+. The fourth-order valence-electron chi connectivity index (χ4n) is 4.24. The Balaban J connectivity index is 1.48. The van der Waals surface area contributed by atoms with Crippen LogP contribution in [-0.4, -0.2) is 41.8 Å². The highest BCUT2D eigenvalue weighted by Crippen LogP contribution is 2.19. The van der Waals surface area contributed by atoms with E-state index < -0.39 is 0 Å². The average Bonchev–Trinajstić information content (AvgIpc) is 2.82. The molecule has 158 valence electrons. The van der Waals surface area contributed by atoms with Crippen LogP contribution in [0.25, 0.3) is 0 Å². The Morgan fingerprint density at radius 1 is 0.935 bits per heavy atom. The number of nitro groups is 1. The number of quaternary nitrogens is 1. The Morgan fingerprint density at radius 2 is 1.52 bits per heavy atom. The van der Waals surface area contributed by atoms with E-state index in [-0.39, 0.29) is 10.6 Å². The van der Waals surface area contributed by atoms with Gasteiger partial charge in [0, 0.05) is 28.8 Å². The zero-order valence-electron chi connectivity index (χ0n) is 17.6. The second-order valence-electron chi connectivity index (χ2n) is 7.86. The van der Waals surface area contributed by atoms with Gasteiger partial charge in [0.25, 0.3) is 5.69 Å². The van der Waals surface area contributed by atoms with Gasteiger partial charge in [-0.1, -0.05) is 72.8 Å². The molecule has 0 unspecified atom stereocenters. The van der Waals surface area contributed by atoms with Crippen molar-refractivity contribution >= 4 is 11.4 Å².